The average Bonchev–Trinajstić information content (AvgIpc) is 3.53. The third-order valence-corrected chi connectivity index (χ3v) is 9.03. The summed E-state index contributed by atoms with van der Waals surface area (Å²) in [6.07, 6.45) is 1.26. The number of fused-ring (bicyclic) bond motifs is 1. The van der Waals surface area contributed by atoms with E-state index in [4.69, 9.17) is 9.72 Å². The average molecular weight is 561 g/mol. The molecule has 6 rings (SSSR count). The fourth-order valence-electron chi connectivity index (χ4n) is 6.23. The molecular formula is C30H33FN6O2S. The second kappa shape index (κ2) is 9.73. The first kappa shape index (κ1) is 26.5. The third-order valence-electron chi connectivity index (χ3n) is 8.04. The monoisotopic (exact) mass is 560 g/mol. The Bertz CT molecular complexity index is 1520. The van der Waals surface area contributed by atoms with Gasteiger partial charge in [0, 0.05) is 49.3 Å². The Balaban J connectivity index is 1.35. The van der Waals surface area contributed by atoms with Crippen LogP contribution in [0.25, 0.3) is 11.1 Å². The van der Waals surface area contributed by atoms with Gasteiger partial charge in [-0.25, -0.2) is 19.2 Å². The molecule has 1 spiro atoms. The lowest BCUT2D eigenvalue weighted by molar-refractivity contribution is -0.0266. The summed E-state index contributed by atoms with van der Waals surface area (Å²) in [6, 6.07) is 9.09. The molecule has 1 amide bonds. The van der Waals surface area contributed by atoms with Gasteiger partial charge in [0.05, 0.1) is 23.4 Å². The number of thiazole rings is 1. The van der Waals surface area contributed by atoms with Crippen LogP contribution in [0.4, 0.5) is 20.0 Å². The first-order valence-electron chi connectivity index (χ1n) is 13.7. The third kappa shape index (κ3) is 4.66. The Hall–Kier alpha value is -3.71. The predicted molar refractivity (Wildman–Crippen MR) is 153 cm³/mol. The van der Waals surface area contributed by atoms with E-state index in [-0.39, 0.29) is 17.3 Å². The molecule has 208 valence electrons. The Morgan fingerprint density at radius 3 is 2.62 bits per heavy atom. The van der Waals surface area contributed by atoms with Gasteiger partial charge in [0.25, 0.3) is 0 Å². The quantitative estimate of drug-likeness (QED) is 0.416. The standard InChI is InChI=1S/C30H33FN6O2S/c1-19-27(40-18-33-19)35-11-9-21-24(14-35)34-26(22(13-32)25(21)20-7-5-6-8-23(20)31)36-12-10-30(15-36)16-37(17-30)28(38)39-29(2,3)4/h5-8,18H,9-12,14-17H2,1-4H3. The number of nitrogens with zero attached hydrogens (tertiary/aromatic N) is 6. The van der Waals surface area contributed by atoms with Gasteiger partial charge in [0.15, 0.2) is 0 Å². The summed E-state index contributed by atoms with van der Waals surface area (Å²) in [4.78, 5) is 28.3. The van der Waals surface area contributed by atoms with E-state index in [0.717, 1.165) is 41.5 Å². The molecule has 0 radical (unpaired) electrons. The van der Waals surface area contributed by atoms with Crippen LogP contribution >= 0.6 is 11.3 Å². The largest absolute Gasteiger partial charge is 0.444 e. The highest BCUT2D eigenvalue weighted by molar-refractivity contribution is 7.14. The van der Waals surface area contributed by atoms with Gasteiger partial charge in [-0.1, -0.05) is 18.2 Å². The van der Waals surface area contributed by atoms with Crippen molar-refractivity contribution in [3.63, 3.8) is 0 Å². The fraction of sp³-hybridized carbons (Fsp3) is 0.467. The number of nitriles is 1. The zero-order valence-corrected chi connectivity index (χ0v) is 24.1. The van der Waals surface area contributed by atoms with Gasteiger partial charge in [0.1, 0.15) is 33.9 Å². The predicted octanol–water partition coefficient (Wildman–Crippen LogP) is 5.53. The van der Waals surface area contributed by atoms with Crippen molar-refractivity contribution in [2.45, 2.75) is 52.7 Å². The van der Waals surface area contributed by atoms with E-state index in [1.54, 1.807) is 28.4 Å². The number of carbonyl (C=O) groups excluding carboxylic acids is 1. The number of ether oxygens (including phenoxy) is 1. The molecule has 0 N–H and O–H groups in total. The van der Waals surface area contributed by atoms with Crippen LogP contribution in [0.2, 0.25) is 0 Å². The highest BCUT2D eigenvalue weighted by atomic mass is 32.1. The summed E-state index contributed by atoms with van der Waals surface area (Å²) < 4.78 is 20.8. The van der Waals surface area contributed by atoms with E-state index in [1.165, 1.54) is 6.07 Å². The minimum absolute atomic E-state index is 0.0643. The molecule has 8 nitrogen and oxygen atoms in total. The molecule has 10 heteroatoms. The van der Waals surface area contributed by atoms with E-state index in [2.05, 4.69) is 20.9 Å². The van der Waals surface area contributed by atoms with Crippen LogP contribution in [0.5, 0.6) is 0 Å². The van der Waals surface area contributed by atoms with E-state index < -0.39 is 5.60 Å². The summed E-state index contributed by atoms with van der Waals surface area (Å²) >= 11 is 1.61. The van der Waals surface area contributed by atoms with Crippen molar-refractivity contribution in [1.29, 1.82) is 5.26 Å². The normalized spacial score (nSPS) is 17.9. The molecule has 0 atom stereocenters. The number of carbonyl (C=O) groups is 1. The SMILES string of the molecule is Cc1ncsc1N1CCc2c(nc(N3CCC4(CN(C(=O)OC(C)(C)C)C4)C3)c(C#N)c2-c2ccccc2F)C1. The van der Waals surface area contributed by atoms with Gasteiger partial charge in [0.2, 0.25) is 0 Å². The second-order valence-corrected chi connectivity index (χ2v) is 13.0. The Labute approximate surface area is 238 Å². The number of benzene rings is 1. The zero-order chi connectivity index (χ0) is 28.2. The van der Waals surface area contributed by atoms with Gasteiger partial charge < -0.3 is 19.4 Å². The van der Waals surface area contributed by atoms with E-state index in [1.807, 2.05) is 39.3 Å². The maximum atomic E-state index is 15.2. The van der Waals surface area contributed by atoms with Crippen LogP contribution in [0.3, 0.4) is 0 Å². The van der Waals surface area contributed by atoms with Crippen molar-refractivity contribution in [2.75, 3.05) is 42.5 Å². The topological polar surface area (TPSA) is 85.6 Å². The number of anilines is 2. The smallest absolute Gasteiger partial charge is 0.410 e. The number of hydrogen-bond acceptors (Lipinski definition) is 8. The van der Waals surface area contributed by atoms with Crippen molar-refractivity contribution < 1.29 is 13.9 Å². The van der Waals surface area contributed by atoms with Crippen LogP contribution in [0.15, 0.2) is 29.8 Å². The van der Waals surface area contributed by atoms with Crippen molar-refractivity contribution in [3.8, 4) is 17.2 Å². The van der Waals surface area contributed by atoms with E-state index in [9.17, 15) is 10.1 Å². The molecule has 40 heavy (non-hydrogen) atoms. The lowest BCUT2D eigenvalue weighted by Crippen LogP contribution is -2.60. The van der Waals surface area contributed by atoms with E-state index >= 15 is 4.39 Å². The van der Waals surface area contributed by atoms with Crippen molar-refractivity contribution >= 4 is 28.2 Å². The molecule has 2 fully saturated rings. The number of hydrogen-bond donors (Lipinski definition) is 0. The van der Waals surface area contributed by atoms with Crippen LogP contribution in [-0.2, 0) is 17.7 Å². The van der Waals surface area contributed by atoms with Crippen LogP contribution in [0.1, 0.15) is 49.7 Å². The maximum Gasteiger partial charge on any atom is 0.410 e. The van der Waals surface area contributed by atoms with Crippen LogP contribution in [-0.4, -0.2) is 59.3 Å². The molecular weight excluding hydrogens is 527 g/mol. The minimum atomic E-state index is -0.537. The first-order valence-corrected chi connectivity index (χ1v) is 14.5. The van der Waals surface area contributed by atoms with Crippen LogP contribution in [0, 0.1) is 29.5 Å². The zero-order valence-electron chi connectivity index (χ0n) is 23.3. The molecule has 0 saturated carbocycles. The molecule has 0 aliphatic carbocycles. The molecule has 2 aromatic heterocycles. The number of aromatic nitrogens is 2. The molecule has 0 unspecified atom stereocenters. The van der Waals surface area contributed by atoms with Gasteiger partial charge in [-0.2, -0.15) is 5.26 Å². The van der Waals surface area contributed by atoms with Gasteiger partial charge in [-0.3, -0.25) is 0 Å². The van der Waals surface area contributed by atoms with Crippen molar-refractivity contribution in [1.82, 2.24) is 14.9 Å². The number of amides is 1. The first-order chi connectivity index (χ1) is 19.1. The van der Waals surface area contributed by atoms with Crippen molar-refractivity contribution in [2.24, 2.45) is 5.41 Å². The number of halogens is 1. The van der Waals surface area contributed by atoms with Crippen LogP contribution < -0.4 is 9.80 Å². The molecule has 3 aliphatic rings. The highest BCUT2D eigenvalue weighted by Gasteiger charge is 2.51. The van der Waals surface area contributed by atoms with Gasteiger partial charge in [-0.15, -0.1) is 11.3 Å². The minimum Gasteiger partial charge on any atom is -0.444 e. The number of aryl methyl sites for hydroxylation is 1. The molecule has 2 saturated heterocycles. The Kier molecular flexibility index (Phi) is 6.45. The number of rotatable bonds is 3. The molecule has 5 heterocycles. The van der Waals surface area contributed by atoms with E-state index in [0.29, 0.717) is 55.1 Å². The lowest BCUT2D eigenvalue weighted by atomic mass is 9.79. The number of likely N-dealkylation sites (tertiary alicyclic amines) is 1. The second-order valence-electron chi connectivity index (χ2n) is 12.1. The molecule has 3 aromatic rings. The summed E-state index contributed by atoms with van der Waals surface area (Å²) in [7, 11) is 0. The maximum absolute atomic E-state index is 15.2. The van der Waals surface area contributed by atoms with Crippen molar-refractivity contribution in [3.05, 3.63) is 58.1 Å². The summed E-state index contributed by atoms with van der Waals surface area (Å²) in [5.41, 5.74) is 5.57. The fourth-order valence-corrected chi connectivity index (χ4v) is 7.07. The Morgan fingerprint density at radius 1 is 1.18 bits per heavy atom. The summed E-state index contributed by atoms with van der Waals surface area (Å²) in [6.45, 7) is 11.6. The lowest BCUT2D eigenvalue weighted by Gasteiger charge is -2.47. The molecule has 1 aromatic carbocycles. The summed E-state index contributed by atoms with van der Waals surface area (Å²) in [5.74, 6) is 0.263. The van der Waals surface area contributed by atoms with Gasteiger partial charge in [-0.05, 0) is 52.2 Å². The molecule has 3 aliphatic heterocycles. The molecule has 0 bridgehead atoms. The Morgan fingerprint density at radius 2 is 1.95 bits per heavy atom. The van der Waals surface area contributed by atoms with Gasteiger partial charge >= 0.3 is 6.09 Å². The summed E-state index contributed by atoms with van der Waals surface area (Å²) in [5, 5.41) is 11.6. The highest BCUT2D eigenvalue weighted by Crippen LogP contribution is 2.45. The number of pyridine rings is 1.